The highest BCUT2D eigenvalue weighted by molar-refractivity contribution is 5.81. The van der Waals surface area contributed by atoms with Crippen molar-refractivity contribution in [1.82, 2.24) is 10.6 Å². The van der Waals surface area contributed by atoms with Crippen LogP contribution >= 0.6 is 0 Å². The lowest BCUT2D eigenvalue weighted by Crippen LogP contribution is -2.34. The fourth-order valence-electron chi connectivity index (χ4n) is 1.31. The van der Waals surface area contributed by atoms with Crippen LogP contribution in [0.5, 0.6) is 0 Å². The summed E-state index contributed by atoms with van der Waals surface area (Å²) in [5.74, 6) is 0.946. The van der Waals surface area contributed by atoms with Gasteiger partial charge in [0.2, 0.25) is 0 Å². The average molecular weight is 185 g/mol. The van der Waals surface area contributed by atoms with Gasteiger partial charge < -0.3 is 15.7 Å². The van der Waals surface area contributed by atoms with Crippen molar-refractivity contribution in [2.45, 2.75) is 25.7 Å². The van der Waals surface area contributed by atoms with Crippen LogP contribution < -0.4 is 10.6 Å². The van der Waals surface area contributed by atoms with E-state index in [2.05, 4.69) is 15.6 Å². The lowest BCUT2D eigenvalue weighted by atomic mass is 10.2. The van der Waals surface area contributed by atoms with Crippen molar-refractivity contribution in [1.29, 1.82) is 0 Å². The Morgan fingerprint density at radius 2 is 2.15 bits per heavy atom. The lowest BCUT2D eigenvalue weighted by molar-refractivity contribution is 0.282. The third-order valence-corrected chi connectivity index (χ3v) is 2.05. The largest absolute Gasteiger partial charge is 0.396 e. The second-order valence-electron chi connectivity index (χ2n) is 3.22. The smallest absolute Gasteiger partial charge is 0.191 e. The number of hydrogen-bond acceptors (Lipinski definition) is 4. The highest BCUT2D eigenvalue weighted by atomic mass is 16.2. The van der Waals surface area contributed by atoms with Crippen LogP contribution in [0, 0.1) is 0 Å². The van der Waals surface area contributed by atoms with E-state index in [1.54, 1.807) is 0 Å². The first-order valence-electron chi connectivity index (χ1n) is 5.06. The number of aliphatic imine (C=N–C) groups is 1. The first-order chi connectivity index (χ1) is 6.43. The summed E-state index contributed by atoms with van der Waals surface area (Å²) < 4.78 is 0. The van der Waals surface area contributed by atoms with Gasteiger partial charge >= 0.3 is 0 Å². The molecule has 0 aromatic carbocycles. The summed E-state index contributed by atoms with van der Waals surface area (Å²) in [7, 11) is 0. The van der Waals surface area contributed by atoms with Gasteiger partial charge in [-0.05, 0) is 12.8 Å². The van der Waals surface area contributed by atoms with Crippen molar-refractivity contribution in [2.75, 3.05) is 26.2 Å². The zero-order chi connectivity index (χ0) is 9.36. The molecule has 0 aromatic rings. The first-order valence-corrected chi connectivity index (χ1v) is 5.06. The van der Waals surface area contributed by atoms with Gasteiger partial charge in [0.25, 0.3) is 0 Å². The minimum atomic E-state index is 0.321. The lowest BCUT2D eigenvalue weighted by Gasteiger charge is -2.05. The van der Waals surface area contributed by atoms with Gasteiger partial charge in [-0.2, -0.15) is 0 Å². The number of guanidine groups is 1. The molecule has 0 spiro atoms. The molecule has 1 aliphatic heterocycles. The van der Waals surface area contributed by atoms with Crippen molar-refractivity contribution in [3.8, 4) is 0 Å². The number of nitrogens with zero attached hydrogens (tertiary/aromatic N) is 1. The maximum Gasteiger partial charge on any atom is 0.191 e. The zero-order valence-electron chi connectivity index (χ0n) is 8.05. The number of aliphatic hydroxyl groups excluding tert-OH is 1. The van der Waals surface area contributed by atoms with E-state index in [9.17, 15) is 0 Å². The maximum absolute atomic E-state index is 8.55. The summed E-state index contributed by atoms with van der Waals surface area (Å²) in [5.41, 5.74) is 0. The summed E-state index contributed by atoms with van der Waals surface area (Å²) in [6, 6.07) is 0. The molecule has 4 nitrogen and oxygen atoms in total. The first kappa shape index (κ1) is 10.3. The van der Waals surface area contributed by atoms with Crippen LogP contribution in [-0.4, -0.2) is 37.3 Å². The van der Waals surface area contributed by atoms with E-state index in [1.807, 2.05) is 0 Å². The molecule has 1 aliphatic rings. The van der Waals surface area contributed by atoms with Crippen molar-refractivity contribution in [3.63, 3.8) is 0 Å². The van der Waals surface area contributed by atoms with E-state index in [-0.39, 0.29) is 0 Å². The Hall–Kier alpha value is -0.770. The molecule has 0 saturated heterocycles. The van der Waals surface area contributed by atoms with Gasteiger partial charge in [0.05, 0.1) is 6.54 Å². The van der Waals surface area contributed by atoms with E-state index >= 15 is 0 Å². The van der Waals surface area contributed by atoms with Crippen molar-refractivity contribution >= 4 is 5.96 Å². The van der Waals surface area contributed by atoms with Crippen molar-refractivity contribution < 1.29 is 5.11 Å². The highest BCUT2D eigenvalue weighted by Crippen LogP contribution is 1.97. The summed E-state index contributed by atoms with van der Waals surface area (Å²) in [6.45, 7) is 3.17. The molecule has 0 bridgehead atoms. The molecule has 76 valence electrons. The summed E-state index contributed by atoms with van der Waals surface area (Å²) in [4.78, 5) is 4.22. The van der Waals surface area contributed by atoms with E-state index in [0.717, 1.165) is 44.9 Å². The van der Waals surface area contributed by atoms with Crippen LogP contribution in [0.3, 0.4) is 0 Å². The number of nitrogens with one attached hydrogen (secondary N) is 2. The third-order valence-electron chi connectivity index (χ3n) is 2.05. The third kappa shape index (κ3) is 4.72. The molecular weight excluding hydrogens is 166 g/mol. The summed E-state index contributed by atoms with van der Waals surface area (Å²) >= 11 is 0. The number of hydrogen-bond donors (Lipinski definition) is 3. The summed E-state index contributed by atoms with van der Waals surface area (Å²) in [5, 5.41) is 14.9. The number of aliphatic hydroxyl groups is 1. The molecule has 4 heteroatoms. The minimum Gasteiger partial charge on any atom is -0.396 e. The van der Waals surface area contributed by atoms with Gasteiger partial charge in [-0.15, -0.1) is 0 Å². The van der Waals surface area contributed by atoms with E-state index in [4.69, 9.17) is 5.11 Å². The monoisotopic (exact) mass is 185 g/mol. The normalized spacial score (nSPS) is 15.3. The van der Waals surface area contributed by atoms with Crippen LogP contribution in [0.25, 0.3) is 0 Å². The molecule has 0 saturated carbocycles. The minimum absolute atomic E-state index is 0.321. The molecule has 0 atom stereocenters. The van der Waals surface area contributed by atoms with Crippen molar-refractivity contribution in [2.24, 2.45) is 4.99 Å². The number of unbranched alkanes of at least 4 members (excludes halogenated alkanes) is 3. The second kappa shape index (κ2) is 6.71. The average Bonchev–Trinajstić information content (AvgIpc) is 2.63. The zero-order valence-corrected chi connectivity index (χ0v) is 8.05. The van der Waals surface area contributed by atoms with Crippen LogP contribution in [0.15, 0.2) is 4.99 Å². The Bertz CT molecular complexity index is 159. The predicted molar refractivity (Wildman–Crippen MR) is 53.9 cm³/mol. The number of rotatable bonds is 6. The Balaban J connectivity index is 1.83. The van der Waals surface area contributed by atoms with Gasteiger partial charge in [0, 0.05) is 19.7 Å². The summed E-state index contributed by atoms with van der Waals surface area (Å²) in [6.07, 6.45) is 4.39. The predicted octanol–water partition coefficient (Wildman–Crippen LogP) is 0.0879. The molecule has 0 radical (unpaired) electrons. The molecule has 0 fully saturated rings. The van der Waals surface area contributed by atoms with Gasteiger partial charge in [0.1, 0.15) is 0 Å². The van der Waals surface area contributed by atoms with Crippen LogP contribution in [0.4, 0.5) is 0 Å². The van der Waals surface area contributed by atoms with Crippen LogP contribution in [0.2, 0.25) is 0 Å². The van der Waals surface area contributed by atoms with Gasteiger partial charge in [0.15, 0.2) is 5.96 Å². The topological polar surface area (TPSA) is 56.6 Å². The van der Waals surface area contributed by atoms with Crippen LogP contribution in [-0.2, 0) is 0 Å². The molecule has 3 N–H and O–H groups in total. The Kier molecular flexibility index (Phi) is 5.33. The fourth-order valence-corrected chi connectivity index (χ4v) is 1.31. The molecule has 0 aliphatic carbocycles. The fraction of sp³-hybridized carbons (Fsp3) is 0.889. The van der Waals surface area contributed by atoms with E-state index in [0.29, 0.717) is 6.61 Å². The Morgan fingerprint density at radius 1 is 1.31 bits per heavy atom. The molecule has 1 heterocycles. The molecule has 0 unspecified atom stereocenters. The second-order valence-corrected chi connectivity index (χ2v) is 3.22. The van der Waals surface area contributed by atoms with E-state index in [1.165, 1.54) is 6.42 Å². The van der Waals surface area contributed by atoms with Crippen LogP contribution in [0.1, 0.15) is 25.7 Å². The molecular formula is C9H19N3O. The van der Waals surface area contributed by atoms with Gasteiger partial charge in [-0.3, -0.25) is 4.99 Å². The van der Waals surface area contributed by atoms with E-state index < -0.39 is 0 Å². The molecule has 1 rings (SSSR count). The standard InChI is InChI=1S/C9H19N3O/c13-8-4-2-1-3-5-10-9-11-6-7-12-9/h13H,1-8H2,(H2,10,11,12). The highest BCUT2D eigenvalue weighted by Gasteiger charge is 2.01. The Morgan fingerprint density at radius 3 is 2.85 bits per heavy atom. The SMILES string of the molecule is OCCCCCCNC1=NCCN1. The van der Waals surface area contributed by atoms with Crippen molar-refractivity contribution in [3.05, 3.63) is 0 Å². The molecule has 13 heavy (non-hydrogen) atoms. The van der Waals surface area contributed by atoms with Gasteiger partial charge in [-0.25, -0.2) is 0 Å². The Labute approximate surface area is 79.4 Å². The molecule has 0 amide bonds. The quantitative estimate of drug-likeness (QED) is 0.514. The maximum atomic E-state index is 8.55. The molecule has 0 aromatic heterocycles. The van der Waals surface area contributed by atoms with Gasteiger partial charge in [-0.1, -0.05) is 12.8 Å².